The Morgan fingerprint density at radius 1 is 1.04 bits per heavy atom. The predicted molar refractivity (Wildman–Crippen MR) is 183 cm³/mol. The van der Waals surface area contributed by atoms with E-state index in [9.17, 15) is 14.4 Å². The van der Waals surface area contributed by atoms with Gasteiger partial charge in [-0.2, -0.15) is 15.2 Å². The summed E-state index contributed by atoms with van der Waals surface area (Å²) in [6, 6.07) is 16.0. The van der Waals surface area contributed by atoms with Gasteiger partial charge in [0.05, 0.1) is 29.6 Å². The Balaban J connectivity index is 1.26. The highest BCUT2D eigenvalue weighted by atomic mass is 19.1. The standard InChI is InChI=1S/C37H33F3N8O2/c1-46-15-5-8-27(46)22-50-37-44-34-30(20-43-33(32(34)40)28-9-4-6-23-10-11-24(38)18-29(23)28)35(45-37)47-16-17-48(26(21-47)12-13-41)36(49)31(39)19-25-7-2-3-14-42-25/h2-4,6-7,9-11,14,18-20,26-27H,5,8,12,15-17,21-22H2,1H3/b31-19-/t26-,27-/m0/s1. The van der Waals surface area contributed by atoms with Crippen LogP contribution in [0, 0.1) is 23.0 Å². The molecule has 3 aromatic heterocycles. The van der Waals surface area contributed by atoms with Crippen LogP contribution in [0.2, 0.25) is 0 Å². The van der Waals surface area contributed by atoms with Crippen LogP contribution in [-0.4, -0.2) is 87.6 Å². The van der Waals surface area contributed by atoms with Gasteiger partial charge in [-0.05, 0) is 61.5 Å². The molecule has 2 aliphatic rings. The molecule has 1 amide bonds. The maximum Gasteiger partial charge on any atom is 0.319 e. The third kappa shape index (κ3) is 6.54. The number of likely N-dealkylation sites (tertiary alicyclic amines) is 1. The zero-order chi connectivity index (χ0) is 34.8. The Morgan fingerprint density at radius 3 is 2.70 bits per heavy atom. The van der Waals surface area contributed by atoms with Crippen LogP contribution in [0.4, 0.5) is 19.0 Å². The molecule has 0 N–H and O–H groups in total. The van der Waals surface area contributed by atoms with E-state index in [1.807, 2.05) is 18.0 Å². The fourth-order valence-electron chi connectivity index (χ4n) is 6.71. The van der Waals surface area contributed by atoms with E-state index in [0.717, 1.165) is 30.8 Å². The van der Waals surface area contributed by atoms with Crippen LogP contribution in [-0.2, 0) is 4.79 Å². The average Bonchev–Trinajstić information content (AvgIpc) is 3.55. The maximum absolute atomic E-state index is 16.7. The summed E-state index contributed by atoms with van der Waals surface area (Å²) in [6.07, 6.45) is 5.94. The van der Waals surface area contributed by atoms with Crippen molar-refractivity contribution < 1.29 is 22.7 Å². The number of benzene rings is 2. The molecule has 50 heavy (non-hydrogen) atoms. The van der Waals surface area contributed by atoms with Crippen LogP contribution in [0.15, 0.2) is 72.8 Å². The number of nitrogens with zero attached hydrogens (tertiary/aromatic N) is 8. The van der Waals surface area contributed by atoms with E-state index in [-0.39, 0.29) is 49.3 Å². The van der Waals surface area contributed by atoms with Crippen LogP contribution >= 0.6 is 0 Å². The molecule has 0 radical (unpaired) electrons. The van der Waals surface area contributed by atoms with Gasteiger partial charge in [-0.25, -0.2) is 13.2 Å². The van der Waals surface area contributed by atoms with Gasteiger partial charge in [0.1, 0.15) is 29.5 Å². The molecule has 7 rings (SSSR count). The molecule has 2 fully saturated rings. The largest absolute Gasteiger partial charge is 0.462 e. The number of halogens is 3. The van der Waals surface area contributed by atoms with Crippen LogP contribution in [0.25, 0.3) is 39.0 Å². The normalized spacial score (nSPS) is 18.5. The van der Waals surface area contributed by atoms with E-state index in [0.29, 0.717) is 34.5 Å². The molecule has 13 heteroatoms. The van der Waals surface area contributed by atoms with Crippen molar-refractivity contribution in [2.75, 3.05) is 44.7 Å². The number of nitriles is 1. The predicted octanol–water partition coefficient (Wildman–Crippen LogP) is 5.93. The Kier molecular flexibility index (Phi) is 9.27. The van der Waals surface area contributed by atoms with Crippen molar-refractivity contribution in [2.45, 2.75) is 31.3 Å². The number of amides is 1. The summed E-state index contributed by atoms with van der Waals surface area (Å²) >= 11 is 0. The molecule has 2 atom stereocenters. The lowest BCUT2D eigenvalue weighted by Crippen LogP contribution is -2.55. The molecule has 2 saturated heterocycles. The number of anilines is 1. The van der Waals surface area contributed by atoms with Crippen molar-refractivity contribution in [1.82, 2.24) is 29.7 Å². The average molecular weight is 679 g/mol. The van der Waals surface area contributed by atoms with Gasteiger partial charge in [-0.15, -0.1) is 0 Å². The summed E-state index contributed by atoms with van der Waals surface area (Å²) in [5, 5.41) is 11.2. The van der Waals surface area contributed by atoms with Gasteiger partial charge in [-0.1, -0.05) is 30.3 Å². The molecule has 0 bridgehead atoms. The molecule has 5 heterocycles. The van der Waals surface area contributed by atoms with E-state index < -0.39 is 29.4 Å². The summed E-state index contributed by atoms with van der Waals surface area (Å²) in [4.78, 5) is 36.4. The molecule has 0 saturated carbocycles. The molecular formula is C37H33F3N8O2. The fourth-order valence-corrected chi connectivity index (χ4v) is 6.71. The third-order valence-electron chi connectivity index (χ3n) is 9.36. The molecule has 0 unspecified atom stereocenters. The summed E-state index contributed by atoms with van der Waals surface area (Å²) in [7, 11) is 2.02. The molecule has 2 aromatic carbocycles. The highest BCUT2D eigenvalue weighted by Crippen LogP contribution is 2.36. The molecule has 2 aliphatic heterocycles. The van der Waals surface area contributed by atoms with Gasteiger partial charge < -0.3 is 19.4 Å². The molecule has 10 nitrogen and oxygen atoms in total. The zero-order valence-electron chi connectivity index (χ0n) is 27.3. The van der Waals surface area contributed by atoms with E-state index >= 15 is 8.78 Å². The smallest absolute Gasteiger partial charge is 0.319 e. The summed E-state index contributed by atoms with van der Waals surface area (Å²) in [5.41, 5.74) is 0.648. The van der Waals surface area contributed by atoms with E-state index in [2.05, 4.69) is 25.9 Å². The molecule has 5 aromatic rings. The van der Waals surface area contributed by atoms with Crippen molar-refractivity contribution in [3.8, 4) is 23.3 Å². The number of rotatable bonds is 8. The number of piperazine rings is 1. The topological polar surface area (TPSA) is 111 Å². The minimum absolute atomic E-state index is 0.00670. The Morgan fingerprint density at radius 2 is 1.92 bits per heavy atom. The van der Waals surface area contributed by atoms with Crippen molar-refractivity contribution in [3.63, 3.8) is 0 Å². The lowest BCUT2D eigenvalue weighted by molar-refractivity contribution is -0.131. The van der Waals surface area contributed by atoms with Crippen molar-refractivity contribution in [2.24, 2.45) is 0 Å². The molecule has 0 spiro atoms. The number of hydrogen-bond acceptors (Lipinski definition) is 9. The van der Waals surface area contributed by atoms with E-state index in [1.165, 1.54) is 29.4 Å². The van der Waals surface area contributed by atoms with Gasteiger partial charge in [0, 0.05) is 49.7 Å². The van der Waals surface area contributed by atoms with Crippen LogP contribution in [0.3, 0.4) is 0 Å². The minimum Gasteiger partial charge on any atom is -0.462 e. The zero-order valence-corrected chi connectivity index (χ0v) is 27.3. The quantitative estimate of drug-likeness (QED) is 0.184. The second-order valence-corrected chi connectivity index (χ2v) is 12.5. The van der Waals surface area contributed by atoms with E-state index in [4.69, 9.17) is 9.72 Å². The fraction of sp³-hybridized carbons (Fsp3) is 0.297. The van der Waals surface area contributed by atoms with Crippen LogP contribution < -0.4 is 9.64 Å². The first kappa shape index (κ1) is 32.9. The van der Waals surface area contributed by atoms with E-state index in [1.54, 1.807) is 36.4 Å². The van der Waals surface area contributed by atoms with Gasteiger partial charge >= 0.3 is 6.01 Å². The van der Waals surface area contributed by atoms with Crippen molar-refractivity contribution in [3.05, 3.63) is 90.1 Å². The van der Waals surface area contributed by atoms with Gasteiger partial charge in [0.15, 0.2) is 11.6 Å². The number of likely N-dealkylation sites (N-methyl/N-ethyl adjacent to an activating group) is 1. The number of fused-ring (bicyclic) bond motifs is 2. The maximum atomic E-state index is 16.7. The van der Waals surface area contributed by atoms with Gasteiger partial charge in [0.25, 0.3) is 5.91 Å². The van der Waals surface area contributed by atoms with Crippen molar-refractivity contribution >= 4 is 39.5 Å². The number of carbonyl (C=O) groups excluding carboxylic acids is 1. The third-order valence-corrected chi connectivity index (χ3v) is 9.36. The molecule has 254 valence electrons. The minimum atomic E-state index is -0.993. The Bertz CT molecular complexity index is 2140. The highest BCUT2D eigenvalue weighted by molar-refractivity contribution is 5.99. The SMILES string of the molecule is CN1CCC[C@H]1COc1nc(N2CCN(C(=O)/C(F)=C/c3ccccn3)[C@@H](CC#N)C2)c2cnc(-c3cccc4ccc(F)cc34)c(F)c2n1. The summed E-state index contributed by atoms with van der Waals surface area (Å²) in [5.74, 6) is -2.72. The van der Waals surface area contributed by atoms with Gasteiger partial charge in [-0.3, -0.25) is 14.8 Å². The highest BCUT2D eigenvalue weighted by Gasteiger charge is 2.34. The second-order valence-electron chi connectivity index (χ2n) is 12.5. The first-order chi connectivity index (χ1) is 24.3. The summed E-state index contributed by atoms with van der Waals surface area (Å²) in [6.45, 7) is 1.62. The van der Waals surface area contributed by atoms with Crippen LogP contribution in [0.1, 0.15) is 25.0 Å². The summed E-state index contributed by atoms with van der Waals surface area (Å²) < 4.78 is 52.2. The molecule has 0 aliphatic carbocycles. The number of pyridine rings is 2. The lowest BCUT2D eigenvalue weighted by atomic mass is 10.0. The van der Waals surface area contributed by atoms with Crippen molar-refractivity contribution in [1.29, 1.82) is 5.26 Å². The van der Waals surface area contributed by atoms with Gasteiger partial charge in [0.2, 0.25) is 0 Å². The lowest BCUT2D eigenvalue weighted by Gasteiger charge is -2.41. The first-order valence-corrected chi connectivity index (χ1v) is 16.4. The monoisotopic (exact) mass is 678 g/mol. The number of carbonyl (C=O) groups is 1. The molecular weight excluding hydrogens is 645 g/mol. The van der Waals surface area contributed by atoms with Crippen LogP contribution in [0.5, 0.6) is 6.01 Å². The number of hydrogen-bond donors (Lipinski definition) is 0. The Hall–Kier alpha value is -5.61. The second kappa shape index (κ2) is 14.1. The first-order valence-electron chi connectivity index (χ1n) is 16.4. The Labute approximate surface area is 286 Å². The number of aromatic nitrogens is 4. The number of ether oxygens (including phenoxy) is 1.